The topological polar surface area (TPSA) is 24.5 Å². The zero-order valence-electron chi connectivity index (χ0n) is 13.5. The van der Waals surface area contributed by atoms with E-state index >= 15 is 0 Å². The van der Waals surface area contributed by atoms with Crippen molar-refractivity contribution in [1.82, 2.24) is 5.32 Å². The van der Waals surface area contributed by atoms with Crippen LogP contribution in [0, 0.1) is 12.7 Å². The molecule has 0 bridgehead atoms. The molecule has 0 unspecified atom stereocenters. The number of hydrogen-bond acceptors (Lipinski definition) is 3. The molecule has 2 aromatic carbocycles. The van der Waals surface area contributed by atoms with Gasteiger partial charge in [0, 0.05) is 26.2 Å². The fourth-order valence-electron chi connectivity index (χ4n) is 2.77. The maximum absolute atomic E-state index is 14.1. The Morgan fingerprint density at radius 1 is 1.00 bits per heavy atom. The molecule has 1 aliphatic rings. The molecular weight excluding hydrogens is 291 g/mol. The van der Waals surface area contributed by atoms with E-state index in [1.54, 1.807) is 6.07 Å². The number of aryl methyl sites for hydroxylation is 1. The minimum absolute atomic E-state index is 0.158. The number of halogens is 1. The minimum atomic E-state index is -0.158. The summed E-state index contributed by atoms with van der Waals surface area (Å²) in [6.45, 7) is 6.44. The van der Waals surface area contributed by atoms with Crippen molar-refractivity contribution in [1.29, 1.82) is 0 Å². The van der Waals surface area contributed by atoms with Crippen LogP contribution in [0.2, 0.25) is 0 Å². The number of anilines is 1. The van der Waals surface area contributed by atoms with Crippen molar-refractivity contribution < 1.29 is 9.13 Å². The van der Waals surface area contributed by atoms with Crippen LogP contribution in [0.4, 0.5) is 10.1 Å². The summed E-state index contributed by atoms with van der Waals surface area (Å²) in [5.74, 6) is -0.158. The van der Waals surface area contributed by atoms with Crippen LogP contribution >= 0.6 is 0 Å². The monoisotopic (exact) mass is 314 g/mol. The third kappa shape index (κ3) is 4.30. The van der Waals surface area contributed by atoms with E-state index in [4.69, 9.17) is 4.74 Å². The van der Waals surface area contributed by atoms with Gasteiger partial charge in [-0.1, -0.05) is 35.9 Å². The van der Waals surface area contributed by atoms with Gasteiger partial charge in [-0.15, -0.1) is 0 Å². The average Bonchev–Trinajstić information content (AvgIpc) is 2.59. The van der Waals surface area contributed by atoms with Gasteiger partial charge in [0.15, 0.2) is 0 Å². The van der Waals surface area contributed by atoms with E-state index in [9.17, 15) is 4.39 Å². The number of ether oxygens (including phenoxy) is 1. The van der Waals surface area contributed by atoms with Crippen LogP contribution in [-0.4, -0.2) is 26.3 Å². The van der Waals surface area contributed by atoms with Crippen LogP contribution in [0.1, 0.15) is 16.7 Å². The van der Waals surface area contributed by atoms with Crippen molar-refractivity contribution in [3.05, 3.63) is 65.0 Å². The summed E-state index contributed by atoms with van der Waals surface area (Å²) in [5.41, 5.74) is 4.30. The first kappa shape index (κ1) is 16.0. The number of nitrogens with zero attached hydrogens (tertiary/aromatic N) is 1. The molecular formula is C19H23FN2O. The Balaban J connectivity index is 1.60. The standard InChI is InChI=1S/C19H23FN2O/c1-15-2-4-16(5-3-15)13-21-14-17-6-7-18(20)19(12-17)22-8-10-23-11-9-22/h2-7,12,21H,8-11,13-14H2,1H3. The summed E-state index contributed by atoms with van der Waals surface area (Å²) in [7, 11) is 0. The highest BCUT2D eigenvalue weighted by atomic mass is 19.1. The van der Waals surface area contributed by atoms with Gasteiger partial charge in [0.1, 0.15) is 5.82 Å². The molecule has 0 spiro atoms. The summed E-state index contributed by atoms with van der Waals surface area (Å²) >= 11 is 0. The van der Waals surface area contributed by atoms with E-state index in [0.717, 1.165) is 31.7 Å². The van der Waals surface area contributed by atoms with Gasteiger partial charge in [-0.05, 0) is 30.2 Å². The average molecular weight is 314 g/mol. The van der Waals surface area contributed by atoms with E-state index in [0.29, 0.717) is 18.9 Å². The van der Waals surface area contributed by atoms with Crippen molar-refractivity contribution in [2.24, 2.45) is 0 Å². The van der Waals surface area contributed by atoms with Crippen molar-refractivity contribution >= 4 is 5.69 Å². The predicted molar refractivity (Wildman–Crippen MR) is 91.2 cm³/mol. The van der Waals surface area contributed by atoms with E-state index in [1.165, 1.54) is 11.1 Å². The Kier molecular flexibility index (Phi) is 5.26. The van der Waals surface area contributed by atoms with E-state index in [2.05, 4.69) is 41.4 Å². The van der Waals surface area contributed by atoms with Crippen molar-refractivity contribution in [3.8, 4) is 0 Å². The first-order chi connectivity index (χ1) is 11.2. The Morgan fingerprint density at radius 2 is 1.65 bits per heavy atom. The largest absolute Gasteiger partial charge is 0.378 e. The van der Waals surface area contributed by atoms with Gasteiger partial charge in [-0.2, -0.15) is 0 Å². The van der Waals surface area contributed by atoms with Crippen molar-refractivity contribution in [3.63, 3.8) is 0 Å². The fourth-order valence-corrected chi connectivity index (χ4v) is 2.77. The normalized spacial score (nSPS) is 15.0. The maximum Gasteiger partial charge on any atom is 0.146 e. The van der Waals surface area contributed by atoms with Crippen LogP contribution in [0.25, 0.3) is 0 Å². The lowest BCUT2D eigenvalue weighted by atomic mass is 10.1. The van der Waals surface area contributed by atoms with E-state index in [1.807, 2.05) is 12.1 Å². The fraction of sp³-hybridized carbons (Fsp3) is 0.368. The third-order valence-corrected chi connectivity index (χ3v) is 4.14. The molecule has 0 aliphatic carbocycles. The molecule has 1 N–H and O–H groups in total. The van der Waals surface area contributed by atoms with E-state index in [-0.39, 0.29) is 5.82 Å². The highest BCUT2D eigenvalue weighted by Crippen LogP contribution is 2.22. The Bertz CT molecular complexity index is 636. The molecule has 122 valence electrons. The quantitative estimate of drug-likeness (QED) is 0.917. The SMILES string of the molecule is Cc1ccc(CNCc2ccc(F)c(N3CCOCC3)c2)cc1. The van der Waals surface area contributed by atoms with Gasteiger partial charge in [0.05, 0.1) is 18.9 Å². The molecule has 0 aromatic heterocycles. The second kappa shape index (κ2) is 7.57. The summed E-state index contributed by atoms with van der Waals surface area (Å²) in [6, 6.07) is 13.9. The van der Waals surface area contributed by atoms with Crippen LogP contribution in [0.15, 0.2) is 42.5 Å². The summed E-state index contributed by atoms with van der Waals surface area (Å²) in [4.78, 5) is 2.06. The molecule has 0 atom stereocenters. The Hall–Kier alpha value is -1.91. The summed E-state index contributed by atoms with van der Waals surface area (Å²) in [6.07, 6.45) is 0. The molecule has 3 rings (SSSR count). The lowest BCUT2D eigenvalue weighted by Gasteiger charge is -2.29. The molecule has 1 heterocycles. The highest BCUT2D eigenvalue weighted by Gasteiger charge is 2.15. The predicted octanol–water partition coefficient (Wildman–Crippen LogP) is 3.26. The zero-order valence-corrected chi connectivity index (χ0v) is 13.5. The number of nitrogens with one attached hydrogen (secondary N) is 1. The first-order valence-corrected chi connectivity index (χ1v) is 8.10. The number of benzene rings is 2. The molecule has 0 amide bonds. The molecule has 2 aromatic rings. The number of morpholine rings is 1. The molecule has 3 nitrogen and oxygen atoms in total. The van der Waals surface area contributed by atoms with Gasteiger partial charge in [-0.25, -0.2) is 4.39 Å². The Morgan fingerprint density at radius 3 is 2.39 bits per heavy atom. The summed E-state index contributed by atoms with van der Waals surface area (Å²) in [5, 5.41) is 3.42. The molecule has 23 heavy (non-hydrogen) atoms. The van der Waals surface area contributed by atoms with Crippen LogP contribution < -0.4 is 10.2 Å². The molecule has 4 heteroatoms. The number of hydrogen-bond donors (Lipinski definition) is 1. The van der Waals surface area contributed by atoms with Crippen molar-refractivity contribution in [2.45, 2.75) is 20.0 Å². The second-order valence-corrected chi connectivity index (χ2v) is 5.97. The lowest BCUT2D eigenvalue weighted by Crippen LogP contribution is -2.36. The van der Waals surface area contributed by atoms with Crippen LogP contribution in [0.3, 0.4) is 0 Å². The molecule has 1 saturated heterocycles. The van der Waals surface area contributed by atoms with Gasteiger partial charge in [-0.3, -0.25) is 0 Å². The van der Waals surface area contributed by atoms with Gasteiger partial charge in [0.25, 0.3) is 0 Å². The molecule has 1 aliphatic heterocycles. The maximum atomic E-state index is 14.1. The smallest absolute Gasteiger partial charge is 0.146 e. The second-order valence-electron chi connectivity index (χ2n) is 5.97. The highest BCUT2D eigenvalue weighted by molar-refractivity contribution is 5.50. The van der Waals surface area contributed by atoms with Crippen LogP contribution in [-0.2, 0) is 17.8 Å². The van der Waals surface area contributed by atoms with Gasteiger partial charge < -0.3 is 15.0 Å². The zero-order chi connectivity index (χ0) is 16.1. The first-order valence-electron chi connectivity index (χ1n) is 8.10. The lowest BCUT2D eigenvalue weighted by molar-refractivity contribution is 0.122. The molecule has 0 saturated carbocycles. The van der Waals surface area contributed by atoms with Crippen molar-refractivity contribution in [2.75, 3.05) is 31.2 Å². The third-order valence-electron chi connectivity index (χ3n) is 4.14. The van der Waals surface area contributed by atoms with Crippen LogP contribution in [0.5, 0.6) is 0 Å². The molecule has 1 fully saturated rings. The number of rotatable bonds is 5. The van der Waals surface area contributed by atoms with Gasteiger partial charge >= 0.3 is 0 Å². The Labute approximate surface area is 137 Å². The van der Waals surface area contributed by atoms with E-state index < -0.39 is 0 Å². The summed E-state index contributed by atoms with van der Waals surface area (Å²) < 4.78 is 19.4. The minimum Gasteiger partial charge on any atom is -0.378 e. The van der Waals surface area contributed by atoms with Gasteiger partial charge in [0.2, 0.25) is 0 Å². The molecule has 0 radical (unpaired) electrons.